The van der Waals surface area contributed by atoms with Gasteiger partial charge in [-0.1, -0.05) is 60.1 Å². The zero-order chi connectivity index (χ0) is 19.6. The van der Waals surface area contributed by atoms with Crippen LogP contribution >= 0.6 is 11.6 Å². The van der Waals surface area contributed by atoms with Crippen LogP contribution in [0, 0.1) is 0 Å². The number of quaternary nitrogens is 2. The first-order valence-electron chi connectivity index (χ1n) is 9.64. The van der Waals surface area contributed by atoms with Crippen LogP contribution in [0.5, 0.6) is 0 Å². The maximum Gasteiger partial charge on any atom is 0.295 e. The fourth-order valence-electron chi connectivity index (χ4n) is 3.34. The van der Waals surface area contributed by atoms with E-state index in [9.17, 15) is 4.79 Å². The van der Waals surface area contributed by atoms with Gasteiger partial charge in [-0.15, -0.1) is 0 Å². The van der Waals surface area contributed by atoms with Gasteiger partial charge in [0.2, 0.25) is 0 Å². The van der Waals surface area contributed by atoms with Crippen molar-refractivity contribution in [2.75, 3.05) is 32.7 Å². The van der Waals surface area contributed by atoms with Crippen LogP contribution in [0.4, 0.5) is 0 Å². The molecule has 0 radical (unpaired) electrons. The first-order chi connectivity index (χ1) is 13.7. The lowest BCUT2D eigenvalue weighted by molar-refractivity contribution is -1.02. The fraction of sp³-hybridized carbons (Fsp3) is 0.273. The summed E-state index contributed by atoms with van der Waals surface area (Å²) >= 11 is 5.94. The second-order valence-electron chi connectivity index (χ2n) is 7.06. The number of nitrogens with zero attached hydrogens (tertiary/aromatic N) is 1. The Balaban J connectivity index is 1.33. The normalized spacial score (nSPS) is 19.9. The van der Waals surface area contributed by atoms with Crippen molar-refractivity contribution in [1.29, 1.82) is 0 Å². The lowest BCUT2D eigenvalue weighted by Crippen LogP contribution is -3.28. The molecule has 6 heteroatoms. The molecule has 2 aromatic carbocycles. The van der Waals surface area contributed by atoms with Crippen LogP contribution < -0.4 is 15.2 Å². The smallest absolute Gasteiger partial charge is 0.295 e. The summed E-state index contributed by atoms with van der Waals surface area (Å²) in [6, 6.07) is 18.0. The molecule has 1 heterocycles. The molecule has 1 saturated heterocycles. The number of hydrogen-bond donors (Lipinski definition) is 3. The summed E-state index contributed by atoms with van der Waals surface area (Å²) in [5, 5.41) is 4.76. The molecule has 0 atom stereocenters. The molecule has 1 aliphatic heterocycles. The van der Waals surface area contributed by atoms with Crippen molar-refractivity contribution in [2.24, 2.45) is 5.10 Å². The minimum absolute atomic E-state index is 0.0412. The first kappa shape index (κ1) is 20.3. The number of carbonyl (C=O) groups is 1. The third-order valence-corrected chi connectivity index (χ3v) is 5.13. The highest BCUT2D eigenvalue weighted by Gasteiger charge is 2.24. The van der Waals surface area contributed by atoms with E-state index >= 15 is 0 Å². The SMILES string of the molecule is O=C(C[NH+]1CC[NH+](Cc2ccc(Cl)cc2)CC1)N/N=C\C=C\c1ccccc1. The molecule has 28 heavy (non-hydrogen) atoms. The van der Waals surface area contributed by atoms with Gasteiger partial charge in [-0.05, 0) is 23.8 Å². The molecule has 0 aliphatic carbocycles. The van der Waals surface area contributed by atoms with Crippen molar-refractivity contribution in [1.82, 2.24) is 5.43 Å². The number of nitrogens with one attached hydrogen (secondary N) is 3. The summed E-state index contributed by atoms with van der Waals surface area (Å²) in [7, 11) is 0. The summed E-state index contributed by atoms with van der Waals surface area (Å²) in [5.41, 5.74) is 5.02. The second kappa shape index (κ2) is 10.8. The number of amides is 1. The minimum Gasteiger partial charge on any atom is -0.322 e. The maximum atomic E-state index is 12.1. The second-order valence-corrected chi connectivity index (χ2v) is 7.50. The van der Waals surface area contributed by atoms with E-state index in [1.807, 2.05) is 54.6 Å². The average Bonchev–Trinajstić information content (AvgIpc) is 2.72. The third-order valence-electron chi connectivity index (χ3n) is 4.88. The number of rotatable bonds is 7. The molecule has 0 aromatic heterocycles. The number of benzene rings is 2. The summed E-state index contributed by atoms with van der Waals surface area (Å²) in [5.74, 6) is -0.0412. The Kier molecular flexibility index (Phi) is 7.79. The number of allylic oxidation sites excluding steroid dienone is 1. The maximum absolute atomic E-state index is 12.1. The van der Waals surface area contributed by atoms with E-state index in [0.29, 0.717) is 6.54 Å². The summed E-state index contributed by atoms with van der Waals surface area (Å²) < 4.78 is 0. The van der Waals surface area contributed by atoms with E-state index in [1.54, 1.807) is 11.1 Å². The van der Waals surface area contributed by atoms with Gasteiger partial charge in [0.25, 0.3) is 5.91 Å². The lowest BCUT2D eigenvalue weighted by atomic mass is 10.2. The molecular formula is C22H27ClN4O+2. The van der Waals surface area contributed by atoms with E-state index in [0.717, 1.165) is 43.3 Å². The Hall–Kier alpha value is -2.47. The Morgan fingerprint density at radius 1 is 1.00 bits per heavy atom. The van der Waals surface area contributed by atoms with E-state index in [2.05, 4.69) is 22.7 Å². The highest BCUT2D eigenvalue weighted by Crippen LogP contribution is 2.08. The number of hydrazone groups is 1. The Labute approximate surface area is 171 Å². The van der Waals surface area contributed by atoms with Gasteiger partial charge < -0.3 is 9.80 Å². The van der Waals surface area contributed by atoms with Gasteiger partial charge in [-0.25, -0.2) is 5.43 Å². The summed E-state index contributed by atoms with van der Waals surface area (Å²) in [6.45, 7) is 5.59. The summed E-state index contributed by atoms with van der Waals surface area (Å²) in [4.78, 5) is 14.9. The van der Waals surface area contributed by atoms with Gasteiger partial charge in [0, 0.05) is 16.8 Å². The topological polar surface area (TPSA) is 50.3 Å². The first-order valence-corrected chi connectivity index (χ1v) is 10.0. The van der Waals surface area contributed by atoms with Crippen LogP contribution in [0.3, 0.4) is 0 Å². The third kappa shape index (κ3) is 6.93. The van der Waals surface area contributed by atoms with Crippen LogP contribution in [0.25, 0.3) is 6.08 Å². The number of halogens is 1. The zero-order valence-electron chi connectivity index (χ0n) is 15.9. The molecular weight excluding hydrogens is 372 g/mol. The molecule has 146 valence electrons. The molecule has 0 spiro atoms. The largest absolute Gasteiger partial charge is 0.322 e. The van der Waals surface area contributed by atoms with E-state index in [-0.39, 0.29) is 5.91 Å². The molecule has 0 bridgehead atoms. The minimum atomic E-state index is -0.0412. The van der Waals surface area contributed by atoms with E-state index in [4.69, 9.17) is 11.6 Å². The van der Waals surface area contributed by atoms with Gasteiger partial charge in [0.05, 0.1) is 0 Å². The van der Waals surface area contributed by atoms with Crippen LogP contribution in [-0.4, -0.2) is 44.8 Å². The van der Waals surface area contributed by atoms with Crippen LogP contribution in [0.1, 0.15) is 11.1 Å². The molecule has 1 fully saturated rings. The van der Waals surface area contributed by atoms with Crippen molar-refractivity contribution in [3.05, 3.63) is 76.8 Å². The lowest BCUT2D eigenvalue weighted by Gasteiger charge is -2.29. The molecule has 2 aromatic rings. The Morgan fingerprint density at radius 2 is 1.68 bits per heavy atom. The monoisotopic (exact) mass is 398 g/mol. The Morgan fingerprint density at radius 3 is 2.39 bits per heavy atom. The number of hydrogen-bond acceptors (Lipinski definition) is 2. The molecule has 0 saturated carbocycles. The van der Waals surface area contributed by atoms with Gasteiger partial charge in [-0.3, -0.25) is 4.79 Å². The highest BCUT2D eigenvalue weighted by molar-refractivity contribution is 6.30. The quantitative estimate of drug-likeness (QED) is 0.460. The predicted molar refractivity (Wildman–Crippen MR) is 114 cm³/mol. The fourth-order valence-corrected chi connectivity index (χ4v) is 3.46. The van der Waals surface area contributed by atoms with Crippen molar-refractivity contribution in [2.45, 2.75) is 6.54 Å². The van der Waals surface area contributed by atoms with Crippen molar-refractivity contribution in [3.8, 4) is 0 Å². The van der Waals surface area contributed by atoms with Crippen molar-refractivity contribution < 1.29 is 14.6 Å². The van der Waals surface area contributed by atoms with E-state index < -0.39 is 0 Å². The van der Waals surface area contributed by atoms with Crippen molar-refractivity contribution in [3.63, 3.8) is 0 Å². The molecule has 5 nitrogen and oxygen atoms in total. The molecule has 1 aliphatic rings. The van der Waals surface area contributed by atoms with Gasteiger partial charge in [0.1, 0.15) is 32.7 Å². The predicted octanol–water partition coefficient (Wildman–Crippen LogP) is 0.439. The average molecular weight is 399 g/mol. The van der Waals surface area contributed by atoms with Gasteiger partial charge >= 0.3 is 0 Å². The van der Waals surface area contributed by atoms with Crippen LogP contribution in [-0.2, 0) is 11.3 Å². The zero-order valence-corrected chi connectivity index (χ0v) is 16.7. The van der Waals surface area contributed by atoms with E-state index in [1.165, 1.54) is 10.5 Å². The molecule has 3 rings (SSSR count). The van der Waals surface area contributed by atoms with Gasteiger partial charge in [0.15, 0.2) is 6.54 Å². The Bertz CT molecular complexity index is 797. The van der Waals surface area contributed by atoms with Crippen LogP contribution in [0.15, 0.2) is 65.8 Å². The standard InChI is InChI=1S/C22H25ClN4O/c23-21-10-8-20(9-11-21)17-26-13-15-27(16-14-26)18-22(28)25-24-12-4-7-19-5-2-1-3-6-19/h1-12H,13-18H2,(H,25,28)/p+2/b7-4+,24-12-. The summed E-state index contributed by atoms with van der Waals surface area (Å²) in [6.07, 6.45) is 5.37. The molecule has 1 amide bonds. The number of piperazine rings is 1. The highest BCUT2D eigenvalue weighted by atomic mass is 35.5. The van der Waals surface area contributed by atoms with Crippen molar-refractivity contribution >= 4 is 29.8 Å². The molecule has 3 N–H and O–H groups in total. The van der Waals surface area contributed by atoms with Crippen LogP contribution in [0.2, 0.25) is 5.02 Å². The van der Waals surface area contributed by atoms with Gasteiger partial charge in [-0.2, -0.15) is 5.10 Å². The number of carbonyl (C=O) groups excluding carboxylic acids is 1. The molecule has 0 unspecified atom stereocenters.